The first-order chi connectivity index (χ1) is 12.3. The number of hydrogen-bond acceptors (Lipinski definition) is 5. The third kappa shape index (κ3) is 4.43. The van der Waals surface area contributed by atoms with Crippen molar-refractivity contribution >= 4 is 15.9 Å². The molecule has 26 heavy (non-hydrogen) atoms. The number of carbonyl (C=O) groups excluding carboxylic acids is 1. The summed E-state index contributed by atoms with van der Waals surface area (Å²) in [5.74, 6) is -1.85. The number of piperidine rings is 1. The van der Waals surface area contributed by atoms with E-state index >= 15 is 0 Å². The van der Waals surface area contributed by atoms with Crippen molar-refractivity contribution < 1.29 is 13.2 Å². The van der Waals surface area contributed by atoms with Crippen LogP contribution >= 0.6 is 0 Å². The van der Waals surface area contributed by atoms with E-state index in [4.69, 9.17) is 0 Å². The lowest BCUT2D eigenvalue weighted by Crippen LogP contribution is -2.51. The first kappa shape index (κ1) is 18.9. The van der Waals surface area contributed by atoms with Crippen LogP contribution in [0.25, 0.3) is 0 Å². The first-order valence-corrected chi connectivity index (χ1v) is 10.7. The highest BCUT2D eigenvalue weighted by Crippen LogP contribution is 2.36. The van der Waals surface area contributed by atoms with Gasteiger partial charge < -0.3 is 0 Å². The Hall–Kier alpha value is -1.91. The molecular formula is C19H25N3O3S. The summed E-state index contributed by atoms with van der Waals surface area (Å²) < 4.78 is 26.9. The number of sulfonamides is 1. The van der Waals surface area contributed by atoms with E-state index in [1.54, 1.807) is 12.1 Å². The SMILES string of the molecule is Cc1ccc(CS(=O)(=O)NC(=O)C2CC(C)N(C3CC3)CC2C#N)cc1. The van der Waals surface area contributed by atoms with Crippen LogP contribution in [0.3, 0.4) is 0 Å². The molecular weight excluding hydrogens is 350 g/mol. The Balaban J connectivity index is 1.65. The fraction of sp³-hybridized carbons (Fsp3) is 0.579. The number of amides is 1. The van der Waals surface area contributed by atoms with E-state index in [2.05, 4.69) is 15.7 Å². The molecule has 0 bridgehead atoms. The number of aryl methyl sites for hydroxylation is 1. The van der Waals surface area contributed by atoms with Gasteiger partial charge in [0.2, 0.25) is 15.9 Å². The number of nitrogens with zero attached hydrogens (tertiary/aromatic N) is 2. The van der Waals surface area contributed by atoms with E-state index in [1.165, 1.54) is 0 Å². The average Bonchev–Trinajstić information content (AvgIpc) is 3.41. The largest absolute Gasteiger partial charge is 0.296 e. The number of rotatable bonds is 5. The van der Waals surface area contributed by atoms with E-state index in [1.807, 2.05) is 26.0 Å². The monoisotopic (exact) mass is 375 g/mol. The smallest absolute Gasteiger partial charge is 0.239 e. The summed E-state index contributed by atoms with van der Waals surface area (Å²) in [5.41, 5.74) is 1.67. The third-order valence-electron chi connectivity index (χ3n) is 5.31. The molecule has 3 atom stereocenters. The summed E-state index contributed by atoms with van der Waals surface area (Å²) >= 11 is 0. The van der Waals surface area contributed by atoms with Gasteiger partial charge in [-0.3, -0.25) is 14.4 Å². The molecule has 1 aliphatic heterocycles. The molecule has 1 saturated carbocycles. The highest BCUT2D eigenvalue weighted by atomic mass is 32.2. The molecule has 7 heteroatoms. The van der Waals surface area contributed by atoms with Crippen LogP contribution in [-0.4, -0.2) is 37.9 Å². The molecule has 0 spiro atoms. The lowest BCUT2D eigenvalue weighted by atomic mass is 9.82. The van der Waals surface area contributed by atoms with Crippen LogP contribution in [0.2, 0.25) is 0 Å². The minimum Gasteiger partial charge on any atom is -0.296 e. The molecule has 0 aromatic heterocycles. The Kier molecular flexibility index (Phi) is 5.35. The minimum absolute atomic E-state index is 0.183. The lowest BCUT2D eigenvalue weighted by molar-refractivity contribution is -0.126. The minimum atomic E-state index is -3.79. The van der Waals surface area contributed by atoms with E-state index in [0.717, 1.165) is 18.4 Å². The topological polar surface area (TPSA) is 90.3 Å². The number of hydrogen-bond donors (Lipinski definition) is 1. The molecule has 1 aliphatic carbocycles. The summed E-state index contributed by atoms with van der Waals surface area (Å²) in [4.78, 5) is 14.9. The van der Waals surface area contributed by atoms with Gasteiger partial charge in [-0.2, -0.15) is 5.26 Å². The maximum atomic E-state index is 12.6. The Morgan fingerprint density at radius 1 is 1.31 bits per heavy atom. The van der Waals surface area contributed by atoms with Crippen LogP contribution in [-0.2, 0) is 20.6 Å². The molecule has 1 amide bonds. The number of nitrogens with one attached hydrogen (secondary N) is 1. The summed E-state index contributed by atoms with van der Waals surface area (Å²) in [6.45, 7) is 4.52. The molecule has 2 aliphatic rings. The fourth-order valence-electron chi connectivity index (χ4n) is 3.71. The van der Waals surface area contributed by atoms with Crippen LogP contribution in [0.4, 0.5) is 0 Å². The molecule has 0 radical (unpaired) electrons. The highest BCUT2D eigenvalue weighted by molar-refractivity contribution is 7.89. The van der Waals surface area contributed by atoms with Crippen LogP contribution in [0, 0.1) is 30.1 Å². The first-order valence-electron chi connectivity index (χ1n) is 9.04. The number of benzene rings is 1. The van der Waals surface area contributed by atoms with Crippen LogP contribution in [0.15, 0.2) is 24.3 Å². The van der Waals surface area contributed by atoms with Crippen LogP contribution in [0.5, 0.6) is 0 Å². The van der Waals surface area contributed by atoms with Gasteiger partial charge in [-0.1, -0.05) is 29.8 Å². The van der Waals surface area contributed by atoms with Crippen molar-refractivity contribution in [2.45, 2.75) is 50.9 Å². The normalized spacial score (nSPS) is 26.9. The zero-order chi connectivity index (χ0) is 18.9. The molecule has 140 valence electrons. The number of carbonyl (C=O) groups is 1. The second-order valence-corrected chi connectivity index (χ2v) is 9.29. The third-order valence-corrected chi connectivity index (χ3v) is 6.53. The number of likely N-dealkylation sites (tertiary alicyclic amines) is 1. The van der Waals surface area contributed by atoms with Crippen LogP contribution in [0.1, 0.15) is 37.3 Å². The molecule has 1 heterocycles. The molecule has 1 saturated heterocycles. The van der Waals surface area contributed by atoms with Gasteiger partial charge in [0.1, 0.15) is 0 Å². The standard InChI is InChI=1S/C19H25N3O3S/c1-13-3-5-15(6-4-13)12-26(24,25)21-19(23)18-9-14(2)22(17-7-8-17)11-16(18)10-20/h3-6,14,16-18H,7-9,11-12H2,1-2H3,(H,21,23). The molecule has 2 fully saturated rings. The van der Waals surface area contributed by atoms with E-state index in [9.17, 15) is 18.5 Å². The van der Waals surface area contributed by atoms with Gasteiger partial charge in [-0.15, -0.1) is 0 Å². The number of nitriles is 1. The van der Waals surface area contributed by atoms with E-state index in [-0.39, 0.29) is 11.8 Å². The predicted octanol–water partition coefficient (Wildman–Crippen LogP) is 1.95. The van der Waals surface area contributed by atoms with Crippen molar-refractivity contribution in [1.82, 2.24) is 9.62 Å². The summed E-state index contributed by atoms with van der Waals surface area (Å²) in [5, 5.41) is 9.47. The molecule has 1 aromatic rings. The summed E-state index contributed by atoms with van der Waals surface area (Å²) in [6, 6.07) is 10.1. The molecule has 6 nitrogen and oxygen atoms in total. The van der Waals surface area contributed by atoms with Gasteiger partial charge in [-0.25, -0.2) is 8.42 Å². The summed E-state index contributed by atoms with van der Waals surface area (Å²) in [7, 11) is -3.79. The molecule has 1 N–H and O–H groups in total. The Morgan fingerprint density at radius 2 is 1.96 bits per heavy atom. The van der Waals surface area contributed by atoms with Crippen molar-refractivity contribution in [2.75, 3.05) is 6.54 Å². The van der Waals surface area contributed by atoms with Gasteiger partial charge in [-0.05, 0) is 38.7 Å². The van der Waals surface area contributed by atoms with E-state index < -0.39 is 27.8 Å². The Morgan fingerprint density at radius 3 is 2.54 bits per heavy atom. The zero-order valence-electron chi connectivity index (χ0n) is 15.2. The quantitative estimate of drug-likeness (QED) is 0.849. The molecule has 3 rings (SSSR count). The Labute approximate surface area is 155 Å². The van der Waals surface area contributed by atoms with Crippen molar-refractivity contribution in [3.63, 3.8) is 0 Å². The van der Waals surface area contributed by atoms with Gasteiger partial charge >= 0.3 is 0 Å². The van der Waals surface area contributed by atoms with Gasteiger partial charge in [0.05, 0.1) is 23.7 Å². The highest BCUT2D eigenvalue weighted by Gasteiger charge is 2.43. The van der Waals surface area contributed by atoms with Gasteiger partial charge in [0.25, 0.3) is 0 Å². The Bertz CT molecular complexity index is 809. The van der Waals surface area contributed by atoms with Crippen molar-refractivity contribution in [2.24, 2.45) is 11.8 Å². The second-order valence-electron chi connectivity index (χ2n) is 7.57. The van der Waals surface area contributed by atoms with Crippen LogP contribution < -0.4 is 4.72 Å². The maximum absolute atomic E-state index is 12.6. The average molecular weight is 375 g/mol. The van der Waals surface area contributed by atoms with Crippen molar-refractivity contribution in [1.29, 1.82) is 5.26 Å². The zero-order valence-corrected chi connectivity index (χ0v) is 16.0. The van der Waals surface area contributed by atoms with Gasteiger partial charge in [0, 0.05) is 18.6 Å². The second kappa shape index (κ2) is 7.37. The molecule has 3 unspecified atom stereocenters. The predicted molar refractivity (Wildman–Crippen MR) is 98.3 cm³/mol. The van der Waals surface area contributed by atoms with Crippen molar-refractivity contribution in [3.05, 3.63) is 35.4 Å². The lowest BCUT2D eigenvalue weighted by Gasteiger charge is -2.39. The van der Waals surface area contributed by atoms with Crippen molar-refractivity contribution in [3.8, 4) is 6.07 Å². The maximum Gasteiger partial charge on any atom is 0.239 e. The van der Waals surface area contributed by atoms with E-state index in [0.29, 0.717) is 24.6 Å². The summed E-state index contributed by atoms with van der Waals surface area (Å²) in [6.07, 6.45) is 2.80. The fourth-order valence-corrected chi connectivity index (χ4v) is 4.87. The molecule has 1 aromatic carbocycles. The van der Waals surface area contributed by atoms with Gasteiger partial charge in [0.15, 0.2) is 0 Å².